The highest BCUT2D eigenvalue weighted by molar-refractivity contribution is 7.98. The quantitative estimate of drug-likeness (QED) is 0.117. The average Bonchev–Trinajstić information content (AvgIpc) is 3.12. The van der Waals surface area contributed by atoms with Crippen molar-refractivity contribution in [1.29, 1.82) is 0 Å². The van der Waals surface area contributed by atoms with Crippen LogP contribution in [0.5, 0.6) is 0 Å². The van der Waals surface area contributed by atoms with E-state index in [4.69, 9.17) is 5.73 Å². The summed E-state index contributed by atoms with van der Waals surface area (Å²) in [6.07, 6.45) is 5.42. The van der Waals surface area contributed by atoms with Crippen molar-refractivity contribution < 1.29 is 28.8 Å². The Morgan fingerprint density at radius 2 is 1.38 bits per heavy atom. The van der Waals surface area contributed by atoms with Crippen molar-refractivity contribution in [2.75, 3.05) is 32.1 Å². The van der Waals surface area contributed by atoms with Gasteiger partial charge in [0.1, 0.15) is 24.2 Å². The highest BCUT2D eigenvalue weighted by atomic mass is 32.2. The normalized spacial score (nSPS) is 16.4. The van der Waals surface area contributed by atoms with Crippen LogP contribution in [0, 0.1) is 5.92 Å². The van der Waals surface area contributed by atoms with Crippen molar-refractivity contribution in [3.63, 3.8) is 0 Å². The van der Waals surface area contributed by atoms with E-state index in [1.54, 1.807) is 0 Å². The number of piperidine rings is 1. The number of amides is 6. The summed E-state index contributed by atoms with van der Waals surface area (Å²) in [5.74, 6) is -2.48. The van der Waals surface area contributed by atoms with Crippen molar-refractivity contribution in [2.45, 2.75) is 89.0 Å². The molecule has 14 heteroatoms. The number of primary amides is 1. The standard InChI is InChI=1S/C38H55N7O6S/c1-25(2)21-30(36(49)42-28(34(39)47)18-20-52-4)41-33(46)24-45(3)38(51)32(23-27-15-9-6-10-16-27)44-37(50)31(22-26-13-7-5-8-14-26)43-35(48)29-17-11-12-19-40-29/h5-10,13-16,25,28-32,40H,11-12,17-24H2,1-4H3,(H2,39,47)(H,41,46)(H,42,49)(H,43,48)(H,44,50)/t28-,29-,30-,31-,32-/m0/s1. The van der Waals surface area contributed by atoms with Crippen molar-refractivity contribution in [3.8, 4) is 0 Å². The van der Waals surface area contributed by atoms with Crippen molar-refractivity contribution in [1.82, 2.24) is 31.5 Å². The number of nitrogens with two attached hydrogens (primary N) is 1. The van der Waals surface area contributed by atoms with Gasteiger partial charge < -0.3 is 37.2 Å². The van der Waals surface area contributed by atoms with E-state index in [1.165, 1.54) is 23.7 Å². The van der Waals surface area contributed by atoms with Gasteiger partial charge in [-0.1, -0.05) is 80.9 Å². The third kappa shape index (κ3) is 14.3. The fourth-order valence-corrected chi connectivity index (χ4v) is 6.50. The lowest BCUT2D eigenvalue weighted by Crippen LogP contribution is -2.58. The smallest absolute Gasteiger partial charge is 0.245 e. The molecule has 0 radical (unpaired) electrons. The predicted molar refractivity (Wildman–Crippen MR) is 203 cm³/mol. The fourth-order valence-electron chi connectivity index (χ4n) is 6.03. The van der Waals surface area contributed by atoms with Gasteiger partial charge in [0.25, 0.3) is 0 Å². The number of rotatable bonds is 20. The molecule has 0 aliphatic carbocycles. The summed E-state index contributed by atoms with van der Waals surface area (Å²) in [4.78, 5) is 80.9. The summed E-state index contributed by atoms with van der Waals surface area (Å²) in [7, 11) is 1.45. The average molecular weight is 738 g/mol. The Labute approximate surface area is 311 Å². The van der Waals surface area contributed by atoms with Gasteiger partial charge in [0.15, 0.2) is 0 Å². The lowest BCUT2D eigenvalue weighted by molar-refractivity contribution is -0.139. The van der Waals surface area contributed by atoms with Gasteiger partial charge >= 0.3 is 0 Å². The third-order valence-corrected chi connectivity index (χ3v) is 9.47. The Morgan fingerprint density at radius 3 is 1.92 bits per heavy atom. The van der Waals surface area contributed by atoms with Crippen LogP contribution in [0.15, 0.2) is 60.7 Å². The van der Waals surface area contributed by atoms with Crippen LogP contribution in [-0.2, 0) is 41.6 Å². The highest BCUT2D eigenvalue weighted by Crippen LogP contribution is 2.12. The van der Waals surface area contributed by atoms with Crippen LogP contribution >= 0.6 is 11.8 Å². The third-order valence-electron chi connectivity index (χ3n) is 8.83. The topological polar surface area (TPSA) is 192 Å². The molecule has 13 nitrogen and oxygen atoms in total. The Balaban J connectivity index is 1.77. The number of carbonyl (C=O) groups excluding carboxylic acids is 6. The molecular weight excluding hydrogens is 683 g/mol. The summed E-state index contributed by atoms with van der Waals surface area (Å²) in [5, 5.41) is 14.4. The predicted octanol–water partition coefficient (Wildman–Crippen LogP) is 1.30. The van der Waals surface area contributed by atoms with Crippen LogP contribution in [0.4, 0.5) is 0 Å². The van der Waals surface area contributed by atoms with E-state index >= 15 is 0 Å². The van der Waals surface area contributed by atoms with Crippen molar-refractivity contribution in [2.24, 2.45) is 11.7 Å². The maximum Gasteiger partial charge on any atom is 0.245 e. The summed E-state index contributed by atoms with van der Waals surface area (Å²) in [5.41, 5.74) is 7.14. The molecule has 1 fully saturated rings. The van der Waals surface area contributed by atoms with E-state index in [2.05, 4.69) is 26.6 Å². The van der Waals surface area contributed by atoms with Gasteiger partial charge in [-0.25, -0.2) is 0 Å². The minimum Gasteiger partial charge on any atom is -0.368 e. The summed E-state index contributed by atoms with van der Waals surface area (Å²) >= 11 is 1.52. The molecule has 0 bridgehead atoms. The molecule has 5 atom stereocenters. The van der Waals surface area contributed by atoms with Gasteiger partial charge in [-0.3, -0.25) is 28.8 Å². The molecule has 1 aliphatic rings. The zero-order chi connectivity index (χ0) is 38.0. The van der Waals surface area contributed by atoms with E-state index in [-0.39, 0.29) is 24.7 Å². The number of nitrogens with one attached hydrogen (secondary N) is 5. The molecule has 284 valence electrons. The first-order valence-corrected chi connectivity index (χ1v) is 19.3. The van der Waals surface area contributed by atoms with Crippen LogP contribution in [0.3, 0.4) is 0 Å². The summed E-state index contributed by atoms with van der Waals surface area (Å²) in [6.45, 7) is 4.12. The lowest BCUT2D eigenvalue weighted by atomic mass is 10.0. The molecule has 6 amide bonds. The fraction of sp³-hybridized carbons (Fsp3) is 0.526. The van der Waals surface area contributed by atoms with Gasteiger partial charge in [-0.2, -0.15) is 11.8 Å². The number of hydrogen-bond donors (Lipinski definition) is 6. The number of thioether (sulfide) groups is 1. The largest absolute Gasteiger partial charge is 0.368 e. The van der Waals surface area contributed by atoms with Gasteiger partial charge in [-0.15, -0.1) is 0 Å². The first-order chi connectivity index (χ1) is 24.9. The Kier molecular flexibility index (Phi) is 17.6. The Hall–Kier alpha value is -4.43. The molecule has 0 spiro atoms. The second-order valence-corrected chi connectivity index (χ2v) is 14.7. The summed E-state index contributed by atoms with van der Waals surface area (Å²) < 4.78 is 0. The second kappa shape index (κ2) is 21.8. The zero-order valence-electron chi connectivity index (χ0n) is 30.7. The SMILES string of the molecule is CSCC[C@H](NC(=O)[C@H](CC(C)C)NC(=O)CN(C)C(=O)[C@H](Cc1ccccc1)NC(=O)[C@H](Cc1ccccc1)NC(=O)[C@@H]1CCCCN1)C(N)=O. The van der Waals surface area contributed by atoms with E-state index in [0.29, 0.717) is 25.0 Å². The molecule has 1 saturated heterocycles. The minimum atomic E-state index is -1.07. The number of hydrogen-bond acceptors (Lipinski definition) is 8. The van der Waals surface area contributed by atoms with Crippen LogP contribution in [-0.4, -0.2) is 103 Å². The molecule has 1 aliphatic heterocycles. The monoisotopic (exact) mass is 737 g/mol. The van der Waals surface area contributed by atoms with E-state index < -0.39 is 66.3 Å². The van der Waals surface area contributed by atoms with Gasteiger partial charge in [0.2, 0.25) is 35.4 Å². The molecular formula is C38H55N7O6S. The molecule has 2 aromatic rings. The van der Waals surface area contributed by atoms with Crippen molar-refractivity contribution in [3.05, 3.63) is 71.8 Å². The van der Waals surface area contributed by atoms with E-state index in [9.17, 15) is 28.8 Å². The first kappa shape index (κ1) is 42.0. The molecule has 0 saturated carbocycles. The zero-order valence-corrected chi connectivity index (χ0v) is 31.5. The van der Waals surface area contributed by atoms with Crippen molar-refractivity contribution >= 4 is 47.2 Å². The lowest BCUT2D eigenvalue weighted by Gasteiger charge is -2.29. The second-order valence-electron chi connectivity index (χ2n) is 13.7. The molecule has 0 aromatic heterocycles. The summed E-state index contributed by atoms with van der Waals surface area (Å²) in [6, 6.07) is 14.2. The maximum atomic E-state index is 14.0. The number of carbonyl (C=O) groups is 6. The minimum absolute atomic E-state index is 0.0253. The molecule has 7 N–H and O–H groups in total. The van der Waals surface area contributed by atoms with Crippen LogP contribution in [0.25, 0.3) is 0 Å². The van der Waals surface area contributed by atoms with Crippen LogP contribution in [0.2, 0.25) is 0 Å². The van der Waals surface area contributed by atoms with Gasteiger partial charge in [0, 0.05) is 19.9 Å². The number of likely N-dealkylation sites (N-methyl/N-ethyl adjacent to an activating group) is 1. The number of nitrogens with zero attached hydrogens (tertiary/aromatic N) is 1. The molecule has 1 heterocycles. The van der Waals surface area contributed by atoms with Gasteiger partial charge in [-0.05, 0) is 61.3 Å². The molecule has 3 rings (SSSR count). The Bertz CT molecular complexity index is 1470. The Morgan fingerprint density at radius 1 is 0.808 bits per heavy atom. The number of benzene rings is 2. The first-order valence-electron chi connectivity index (χ1n) is 17.9. The molecule has 2 aromatic carbocycles. The maximum absolute atomic E-state index is 14.0. The molecule has 0 unspecified atom stereocenters. The highest BCUT2D eigenvalue weighted by Gasteiger charge is 2.32. The van der Waals surface area contributed by atoms with Crippen LogP contribution in [0.1, 0.15) is 57.1 Å². The van der Waals surface area contributed by atoms with E-state index in [1.807, 2.05) is 80.8 Å². The molecule has 52 heavy (non-hydrogen) atoms. The van der Waals surface area contributed by atoms with Crippen LogP contribution < -0.4 is 32.3 Å². The van der Waals surface area contributed by atoms with Gasteiger partial charge in [0.05, 0.1) is 12.6 Å². The van der Waals surface area contributed by atoms with E-state index in [0.717, 1.165) is 30.5 Å².